The van der Waals surface area contributed by atoms with Gasteiger partial charge in [0.1, 0.15) is 30.9 Å². The SMILES string of the molecule is Cn1cnnc1[C@H]1CN(C[C@H](O)COc2ccccc2)CCO1. The zero-order valence-electron chi connectivity index (χ0n) is 13.2. The average molecular weight is 318 g/mol. The third-order valence-corrected chi connectivity index (χ3v) is 3.84. The fourth-order valence-electron chi connectivity index (χ4n) is 2.67. The van der Waals surface area contributed by atoms with E-state index in [9.17, 15) is 5.11 Å². The minimum Gasteiger partial charge on any atom is -0.491 e. The Balaban J connectivity index is 1.48. The molecule has 7 nitrogen and oxygen atoms in total. The molecule has 0 radical (unpaired) electrons. The highest BCUT2D eigenvalue weighted by Gasteiger charge is 2.26. The van der Waals surface area contributed by atoms with Crippen LogP contribution in [0.5, 0.6) is 5.75 Å². The van der Waals surface area contributed by atoms with Crippen LogP contribution in [0, 0.1) is 0 Å². The quantitative estimate of drug-likeness (QED) is 0.842. The van der Waals surface area contributed by atoms with Crippen LogP contribution in [0.15, 0.2) is 36.7 Å². The minimum atomic E-state index is -0.548. The molecule has 0 unspecified atom stereocenters. The van der Waals surface area contributed by atoms with Gasteiger partial charge in [0.05, 0.1) is 6.61 Å². The molecular weight excluding hydrogens is 296 g/mol. The number of hydrogen-bond donors (Lipinski definition) is 1. The van der Waals surface area contributed by atoms with Crippen molar-refractivity contribution in [1.82, 2.24) is 19.7 Å². The van der Waals surface area contributed by atoms with E-state index in [-0.39, 0.29) is 12.7 Å². The van der Waals surface area contributed by atoms with Crippen LogP contribution in [0.4, 0.5) is 0 Å². The fraction of sp³-hybridized carbons (Fsp3) is 0.500. The van der Waals surface area contributed by atoms with Gasteiger partial charge in [-0.1, -0.05) is 18.2 Å². The second kappa shape index (κ2) is 7.54. The number of rotatable bonds is 6. The smallest absolute Gasteiger partial charge is 0.163 e. The molecule has 3 rings (SSSR count). The Hall–Kier alpha value is -1.96. The predicted molar refractivity (Wildman–Crippen MR) is 84.1 cm³/mol. The van der Waals surface area contributed by atoms with Crippen LogP contribution in [0.25, 0.3) is 0 Å². The summed E-state index contributed by atoms with van der Waals surface area (Å²) in [6.45, 7) is 2.91. The molecule has 2 aromatic rings. The van der Waals surface area contributed by atoms with Gasteiger partial charge in [0.2, 0.25) is 0 Å². The van der Waals surface area contributed by atoms with Crippen molar-refractivity contribution in [2.75, 3.05) is 32.8 Å². The molecule has 0 amide bonds. The molecule has 1 aromatic heterocycles. The van der Waals surface area contributed by atoms with E-state index in [4.69, 9.17) is 9.47 Å². The Kier molecular flexibility index (Phi) is 5.22. The monoisotopic (exact) mass is 318 g/mol. The average Bonchev–Trinajstić information content (AvgIpc) is 3.00. The lowest BCUT2D eigenvalue weighted by molar-refractivity contribution is -0.0506. The van der Waals surface area contributed by atoms with Gasteiger partial charge in [-0.05, 0) is 12.1 Å². The van der Waals surface area contributed by atoms with E-state index in [0.29, 0.717) is 19.7 Å². The molecule has 7 heteroatoms. The molecule has 1 aliphatic rings. The highest BCUT2D eigenvalue weighted by Crippen LogP contribution is 2.20. The zero-order valence-corrected chi connectivity index (χ0v) is 13.2. The van der Waals surface area contributed by atoms with Crippen molar-refractivity contribution in [3.63, 3.8) is 0 Å². The summed E-state index contributed by atoms with van der Waals surface area (Å²) in [5, 5.41) is 18.2. The van der Waals surface area contributed by atoms with Gasteiger partial charge < -0.3 is 19.1 Å². The number of aliphatic hydroxyl groups excluding tert-OH is 1. The fourth-order valence-corrected chi connectivity index (χ4v) is 2.67. The number of para-hydroxylation sites is 1. The van der Waals surface area contributed by atoms with Crippen molar-refractivity contribution in [3.8, 4) is 5.75 Å². The van der Waals surface area contributed by atoms with E-state index in [1.165, 1.54) is 0 Å². The van der Waals surface area contributed by atoms with Crippen LogP contribution in [-0.2, 0) is 11.8 Å². The van der Waals surface area contributed by atoms with Crippen LogP contribution in [0.2, 0.25) is 0 Å². The molecule has 0 aliphatic carbocycles. The second-order valence-corrected chi connectivity index (χ2v) is 5.70. The summed E-state index contributed by atoms with van der Waals surface area (Å²) in [6, 6.07) is 9.52. The third kappa shape index (κ3) is 4.28. The first-order chi connectivity index (χ1) is 11.2. The zero-order chi connectivity index (χ0) is 16.1. The summed E-state index contributed by atoms with van der Waals surface area (Å²) < 4.78 is 13.2. The molecule has 124 valence electrons. The van der Waals surface area contributed by atoms with Gasteiger partial charge in [0.15, 0.2) is 5.82 Å². The van der Waals surface area contributed by atoms with Gasteiger partial charge in [-0.15, -0.1) is 10.2 Å². The van der Waals surface area contributed by atoms with Crippen LogP contribution in [0.3, 0.4) is 0 Å². The van der Waals surface area contributed by atoms with Crippen molar-refractivity contribution in [2.24, 2.45) is 7.05 Å². The summed E-state index contributed by atoms with van der Waals surface area (Å²) in [4.78, 5) is 2.17. The van der Waals surface area contributed by atoms with Gasteiger partial charge in [-0.2, -0.15) is 0 Å². The molecule has 2 heterocycles. The molecule has 1 aliphatic heterocycles. The highest BCUT2D eigenvalue weighted by molar-refractivity contribution is 5.20. The number of aromatic nitrogens is 3. The van der Waals surface area contributed by atoms with Crippen molar-refractivity contribution in [1.29, 1.82) is 0 Å². The number of morpholine rings is 1. The van der Waals surface area contributed by atoms with Gasteiger partial charge in [-0.3, -0.25) is 4.90 Å². The summed E-state index contributed by atoms with van der Waals surface area (Å²) in [5.41, 5.74) is 0. The topological polar surface area (TPSA) is 72.6 Å². The van der Waals surface area contributed by atoms with Crippen LogP contribution >= 0.6 is 0 Å². The number of nitrogens with zero attached hydrogens (tertiary/aromatic N) is 4. The Morgan fingerprint density at radius 2 is 2.22 bits per heavy atom. The summed E-state index contributed by atoms with van der Waals surface area (Å²) >= 11 is 0. The first-order valence-corrected chi connectivity index (χ1v) is 7.76. The van der Waals surface area contributed by atoms with E-state index in [2.05, 4.69) is 15.1 Å². The maximum atomic E-state index is 10.2. The number of aryl methyl sites for hydroxylation is 1. The van der Waals surface area contributed by atoms with Crippen molar-refractivity contribution in [3.05, 3.63) is 42.5 Å². The molecule has 0 bridgehead atoms. The molecule has 0 spiro atoms. The largest absolute Gasteiger partial charge is 0.491 e. The van der Waals surface area contributed by atoms with Crippen molar-refractivity contribution < 1.29 is 14.6 Å². The first kappa shape index (κ1) is 15.9. The summed E-state index contributed by atoms with van der Waals surface area (Å²) in [7, 11) is 1.90. The van der Waals surface area contributed by atoms with E-state index in [1.54, 1.807) is 6.33 Å². The van der Waals surface area contributed by atoms with Crippen LogP contribution in [-0.4, -0.2) is 63.7 Å². The summed E-state index contributed by atoms with van der Waals surface area (Å²) in [6.07, 6.45) is 1.01. The molecule has 1 N–H and O–H groups in total. The predicted octanol–water partition coefficient (Wildman–Crippen LogP) is 0.628. The number of β-amino-alcohol motifs (C(OH)–C–C–N with tert-alkyl or cyclic N) is 1. The Labute approximate surface area is 135 Å². The molecule has 2 atom stereocenters. The number of benzene rings is 1. The van der Waals surface area contributed by atoms with Gasteiger partial charge >= 0.3 is 0 Å². The van der Waals surface area contributed by atoms with Gasteiger partial charge in [0, 0.05) is 26.7 Å². The molecule has 1 aromatic carbocycles. The highest BCUT2D eigenvalue weighted by atomic mass is 16.5. The lowest BCUT2D eigenvalue weighted by atomic mass is 10.2. The Bertz CT molecular complexity index is 604. The molecule has 0 saturated carbocycles. The standard InChI is InChI=1S/C16H22N4O3/c1-19-12-17-18-16(19)15-10-20(7-8-22-15)9-13(21)11-23-14-5-3-2-4-6-14/h2-6,12-13,15,21H,7-11H2,1H3/t13-,15+/m0/s1. The normalized spacial score (nSPS) is 20.3. The van der Waals surface area contributed by atoms with E-state index in [0.717, 1.165) is 18.1 Å². The minimum absolute atomic E-state index is 0.113. The van der Waals surface area contributed by atoms with Gasteiger partial charge in [0.25, 0.3) is 0 Å². The molecule has 1 saturated heterocycles. The van der Waals surface area contributed by atoms with E-state index >= 15 is 0 Å². The maximum Gasteiger partial charge on any atom is 0.163 e. The molecule has 23 heavy (non-hydrogen) atoms. The lowest BCUT2D eigenvalue weighted by Crippen LogP contribution is -2.44. The lowest BCUT2D eigenvalue weighted by Gasteiger charge is -2.33. The maximum absolute atomic E-state index is 10.2. The third-order valence-electron chi connectivity index (χ3n) is 3.84. The first-order valence-electron chi connectivity index (χ1n) is 7.76. The van der Waals surface area contributed by atoms with E-state index in [1.807, 2.05) is 41.9 Å². The molecule has 1 fully saturated rings. The van der Waals surface area contributed by atoms with E-state index < -0.39 is 6.10 Å². The van der Waals surface area contributed by atoms with Crippen LogP contribution < -0.4 is 4.74 Å². The van der Waals surface area contributed by atoms with Crippen molar-refractivity contribution >= 4 is 0 Å². The molecular formula is C16H22N4O3. The van der Waals surface area contributed by atoms with Gasteiger partial charge in [-0.25, -0.2) is 0 Å². The number of aliphatic hydroxyl groups is 1. The summed E-state index contributed by atoms with van der Waals surface area (Å²) in [5.74, 6) is 1.58. The number of ether oxygens (including phenoxy) is 2. The van der Waals surface area contributed by atoms with Crippen molar-refractivity contribution in [2.45, 2.75) is 12.2 Å². The van der Waals surface area contributed by atoms with Crippen LogP contribution in [0.1, 0.15) is 11.9 Å². The second-order valence-electron chi connectivity index (χ2n) is 5.70. The number of hydrogen-bond acceptors (Lipinski definition) is 6. The Morgan fingerprint density at radius 1 is 1.39 bits per heavy atom. The Morgan fingerprint density at radius 3 is 2.96 bits per heavy atom.